The molecule has 2 aromatic carbocycles. The molecular formula is C29H26N4OS. The first-order chi connectivity index (χ1) is 17.2. The van der Waals surface area contributed by atoms with Gasteiger partial charge in [0.2, 0.25) is 0 Å². The Kier molecular flexibility index (Phi) is 5.66. The Hall–Kier alpha value is -3.77. The lowest BCUT2D eigenvalue weighted by molar-refractivity contribution is 0.0666. The van der Waals surface area contributed by atoms with Crippen LogP contribution in [0.4, 0.5) is 0 Å². The first-order valence-electron chi connectivity index (χ1n) is 12.0. The summed E-state index contributed by atoms with van der Waals surface area (Å²) in [5.41, 5.74) is 5.44. The summed E-state index contributed by atoms with van der Waals surface area (Å²) in [7, 11) is 0. The third-order valence-electron chi connectivity index (χ3n) is 6.88. The number of thiophene rings is 1. The summed E-state index contributed by atoms with van der Waals surface area (Å²) in [6, 6.07) is 20.6. The first kappa shape index (κ1) is 21.7. The number of carbonyl (C=O) groups is 1. The molecule has 3 aromatic heterocycles. The molecule has 0 fully saturated rings. The van der Waals surface area contributed by atoms with E-state index in [0.29, 0.717) is 0 Å². The number of nitrogens with zero attached hydrogens (tertiary/aromatic N) is 4. The van der Waals surface area contributed by atoms with Gasteiger partial charge < -0.3 is 9.47 Å². The lowest BCUT2D eigenvalue weighted by Gasteiger charge is -2.36. The molecule has 0 spiro atoms. The van der Waals surface area contributed by atoms with Crippen LogP contribution in [0.3, 0.4) is 0 Å². The van der Waals surface area contributed by atoms with Crippen molar-refractivity contribution in [1.82, 2.24) is 19.4 Å². The maximum Gasteiger partial charge on any atom is 0.256 e. The molecule has 0 radical (unpaired) electrons. The molecule has 0 saturated carbocycles. The third-order valence-corrected chi connectivity index (χ3v) is 7.94. The molecule has 0 N–H and O–H groups in total. The zero-order chi connectivity index (χ0) is 23.8. The standard InChI is InChI=1S/C29H26N4OS/c1-2-32-19-24(23-9-3-4-10-25(23)32)29(34)33-15-11-21-12-16-35-27(21)26(33)18-20-7-5-8-22(17-20)28-30-13-6-14-31-28/h3-10,12-14,16-17,19,26H,2,11,15,18H2,1H3. The van der Waals surface area contributed by atoms with E-state index in [4.69, 9.17) is 0 Å². The lowest BCUT2D eigenvalue weighted by Crippen LogP contribution is -2.40. The van der Waals surface area contributed by atoms with E-state index in [1.165, 1.54) is 16.0 Å². The monoisotopic (exact) mass is 478 g/mol. The minimum atomic E-state index is 0.00179. The molecular weight excluding hydrogens is 452 g/mol. The van der Waals surface area contributed by atoms with Crippen LogP contribution in [-0.2, 0) is 19.4 Å². The lowest BCUT2D eigenvalue weighted by atomic mass is 9.94. The molecule has 4 heterocycles. The van der Waals surface area contributed by atoms with E-state index < -0.39 is 0 Å². The highest BCUT2D eigenvalue weighted by Gasteiger charge is 2.33. The number of fused-ring (bicyclic) bond motifs is 2. The topological polar surface area (TPSA) is 51.0 Å². The van der Waals surface area contributed by atoms with E-state index in [1.807, 2.05) is 30.5 Å². The molecule has 174 valence electrons. The zero-order valence-corrected chi connectivity index (χ0v) is 20.4. The van der Waals surface area contributed by atoms with Crippen molar-refractivity contribution >= 4 is 28.1 Å². The van der Waals surface area contributed by atoms with E-state index in [0.717, 1.165) is 53.8 Å². The highest BCUT2D eigenvalue weighted by atomic mass is 32.1. The molecule has 1 atom stereocenters. The average Bonchev–Trinajstić information content (AvgIpc) is 3.54. The molecule has 6 heteroatoms. The van der Waals surface area contributed by atoms with E-state index in [1.54, 1.807) is 23.7 Å². The Bertz CT molecular complexity index is 1500. The van der Waals surface area contributed by atoms with Gasteiger partial charge >= 0.3 is 0 Å². The number of aryl methyl sites for hydroxylation is 1. The Morgan fingerprint density at radius 1 is 1.06 bits per heavy atom. The average molecular weight is 479 g/mol. The highest BCUT2D eigenvalue weighted by Crippen LogP contribution is 2.38. The number of para-hydroxylation sites is 1. The summed E-state index contributed by atoms with van der Waals surface area (Å²) in [6.45, 7) is 3.67. The van der Waals surface area contributed by atoms with Crippen LogP contribution in [0.5, 0.6) is 0 Å². The molecule has 1 aliphatic rings. The van der Waals surface area contributed by atoms with Crippen LogP contribution in [0.1, 0.15) is 39.3 Å². The summed E-state index contributed by atoms with van der Waals surface area (Å²) in [5, 5.41) is 3.18. The Balaban J connectivity index is 1.38. The summed E-state index contributed by atoms with van der Waals surface area (Å²) in [4.78, 5) is 26.3. The van der Waals surface area contributed by atoms with E-state index >= 15 is 0 Å². The van der Waals surface area contributed by atoms with Crippen LogP contribution >= 0.6 is 11.3 Å². The number of hydrogen-bond acceptors (Lipinski definition) is 4. The van der Waals surface area contributed by atoms with E-state index in [-0.39, 0.29) is 11.9 Å². The largest absolute Gasteiger partial charge is 0.347 e. The predicted molar refractivity (Wildman–Crippen MR) is 141 cm³/mol. The number of amides is 1. The van der Waals surface area contributed by atoms with E-state index in [2.05, 4.69) is 68.1 Å². The summed E-state index contributed by atoms with van der Waals surface area (Å²) >= 11 is 1.76. The van der Waals surface area contributed by atoms with Crippen molar-refractivity contribution in [3.63, 3.8) is 0 Å². The van der Waals surface area contributed by atoms with Crippen molar-refractivity contribution in [3.8, 4) is 11.4 Å². The number of aromatic nitrogens is 3. The van der Waals surface area contributed by atoms with Crippen molar-refractivity contribution < 1.29 is 4.79 Å². The molecule has 35 heavy (non-hydrogen) atoms. The molecule has 0 saturated heterocycles. The van der Waals surface area contributed by atoms with Crippen LogP contribution in [0.25, 0.3) is 22.3 Å². The molecule has 1 aliphatic heterocycles. The van der Waals surface area contributed by atoms with Gasteiger partial charge in [-0.2, -0.15) is 0 Å². The summed E-state index contributed by atoms with van der Waals surface area (Å²) in [6.07, 6.45) is 7.21. The van der Waals surface area contributed by atoms with Gasteiger partial charge in [0.15, 0.2) is 5.82 Å². The van der Waals surface area contributed by atoms with Gasteiger partial charge in [-0.25, -0.2) is 9.97 Å². The molecule has 1 amide bonds. The van der Waals surface area contributed by atoms with Crippen molar-refractivity contribution in [2.45, 2.75) is 32.4 Å². The third kappa shape index (κ3) is 3.94. The molecule has 5 nitrogen and oxygen atoms in total. The quantitative estimate of drug-likeness (QED) is 0.304. The summed E-state index contributed by atoms with van der Waals surface area (Å²) in [5.74, 6) is 0.829. The van der Waals surface area contributed by atoms with Gasteiger partial charge in [0.25, 0.3) is 5.91 Å². The Labute approximate surface area is 208 Å². The smallest absolute Gasteiger partial charge is 0.256 e. The second-order valence-electron chi connectivity index (χ2n) is 8.90. The van der Waals surface area contributed by atoms with E-state index in [9.17, 15) is 4.79 Å². The fraction of sp³-hybridized carbons (Fsp3) is 0.207. The number of benzene rings is 2. The fourth-order valence-electron chi connectivity index (χ4n) is 5.17. The number of hydrogen-bond donors (Lipinski definition) is 0. The summed E-state index contributed by atoms with van der Waals surface area (Å²) < 4.78 is 2.17. The fourth-order valence-corrected chi connectivity index (χ4v) is 6.24. The second kappa shape index (κ2) is 9.12. The van der Waals surface area contributed by atoms with Crippen molar-refractivity contribution in [3.05, 3.63) is 106 Å². The molecule has 0 bridgehead atoms. The molecule has 6 rings (SSSR count). The molecule has 5 aromatic rings. The van der Waals surface area contributed by atoms with Gasteiger partial charge in [-0.1, -0.05) is 36.4 Å². The first-order valence-corrected chi connectivity index (χ1v) is 12.9. The SMILES string of the molecule is CCn1cc(C(=O)N2CCc3ccsc3C2Cc2cccc(-c3ncccn3)c2)c2ccccc21. The minimum Gasteiger partial charge on any atom is -0.347 e. The number of rotatable bonds is 5. The van der Waals surface area contributed by atoms with Gasteiger partial charge in [-0.15, -0.1) is 11.3 Å². The Morgan fingerprint density at radius 3 is 2.77 bits per heavy atom. The van der Waals surface area contributed by atoms with Gasteiger partial charge in [-0.3, -0.25) is 4.79 Å². The van der Waals surface area contributed by atoms with Crippen LogP contribution in [0, 0.1) is 0 Å². The van der Waals surface area contributed by atoms with Crippen molar-refractivity contribution in [2.75, 3.05) is 6.54 Å². The maximum absolute atomic E-state index is 14.1. The normalized spacial score (nSPS) is 15.3. The van der Waals surface area contributed by atoms with Gasteiger partial charge in [0.1, 0.15) is 0 Å². The highest BCUT2D eigenvalue weighted by molar-refractivity contribution is 7.10. The molecule has 0 aliphatic carbocycles. The van der Waals surface area contributed by atoms with Crippen LogP contribution in [0.2, 0.25) is 0 Å². The van der Waals surface area contributed by atoms with Gasteiger partial charge in [0, 0.05) is 53.0 Å². The van der Waals surface area contributed by atoms with Gasteiger partial charge in [0.05, 0.1) is 11.6 Å². The van der Waals surface area contributed by atoms with Crippen LogP contribution in [0.15, 0.2) is 84.6 Å². The minimum absolute atomic E-state index is 0.00179. The van der Waals surface area contributed by atoms with Crippen LogP contribution in [-0.4, -0.2) is 31.9 Å². The van der Waals surface area contributed by atoms with Crippen molar-refractivity contribution in [1.29, 1.82) is 0 Å². The van der Waals surface area contributed by atoms with Crippen molar-refractivity contribution in [2.24, 2.45) is 0 Å². The van der Waals surface area contributed by atoms with Gasteiger partial charge in [-0.05, 0) is 60.5 Å². The molecule has 1 unspecified atom stereocenters. The second-order valence-corrected chi connectivity index (χ2v) is 9.84. The zero-order valence-electron chi connectivity index (χ0n) is 19.6. The number of carbonyl (C=O) groups excluding carboxylic acids is 1. The van der Waals surface area contributed by atoms with Crippen LogP contribution < -0.4 is 0 Å². The maximum atomic E-state index is 14.1. The Morgan fingerprint density at radius 2 is 1.91 bits per heavy atom. The predicted octanol–water partition coefficient (Wildman–Crippen LogP) is 6.16.